The summed E-state index contributed by atoms with van der Waals surface area (Å²) in [5.41, 5.74) is 3.73. The van der Waals surface area contributed by atoms with Gasteiger partial charge in [0, 0.05) is 37.6 Å². The van der Waals surface area contributed by atoms with Gasteiger partial charge in [0.05, 0.1) is 10.9 Å². The number of rotatable bonds is 7. The highest BCUT2D eigenvalue weighted by atomic mass is 32.2. The summed E-state index contributed by atoms with van der Waals surface area (Å²) in [7, 11) is -3.77. The number of carbonyl (C=O) groups excluding carboxylic acids is 1. The molecule has 1 fully saturated rings. The number of hydrogen-bond donors (Lipinski definition) is 2. The number of sulfonamides is 1. The molecule has 1 aliphatic rings. The Bertz CT molecular complexity index is 1010. The third kappa shape index (κ3) is 5.84. The molecule has 7 nitrogen and oxygen atoms in total. The minimum absolute atomic E-state index is 0.140. The summed E-state index contributed by atoms with van der Waals surface area (Å²) in [6, 6.07) is 11.6. The molecule has 2 aromatic rings. The molecule has 0 aromatic heterocycles. The highest BCUT2D eigenvalue weighted by molar-refractivity contribution is 7.89. The minimum atomic E-state index is -3.77. The van der Waals surface area contributed by atoms with Gasteiger partial charge in [0.15, 0.2) is 0 Å². The summed E-state index contributed by atoms with van der Waals surface area (Å²) >= 11 is 0. The number of hydrogen-bond acceptors (Lipinski definition) is 5. The van der Waals surface area contributed by atoms with E-state index in [-0.39, 0.29) is 4.90 Å². The summed E-state index contributed by atoms with van der Waals surface area (Å²) in [6.07, 6.45) is 0. The van der Waals surface area contributed by atoms with Crippen LogP contribution in [0.2, 0.25) is 0 Å². The van der Waals surface area contributed by atoms with E-state index in [0.29, 0.717) is 5.69 Å². The lowest BCUT2D eigenvalue weighted by atomic mass is 10.1. The lowest BCUT2D eigenvalue weighted by Gasteiger charge is -2.35. The van der Waals surface area contributed by atoms with E-state index in [1.807, 2.05) is 26.0 Å². The first-order valence-electron chi connectivity index (χ1n) is 10.7. The van der Waals surface area contributed by atoms with E-state index in [1.54, 1.807) is 12.1 Å². The lowest BCUT2D eigenvalue weighted by Crippen LogP contribution is -2.46. The Labute approximate surface area is 185 Å². The van der Waals surface area contributed by atoms with Crippen LogP contribution in [0.15, 0.2) is 47.4 Å². The van der Waals surface area contributed by atoms with Gasteiger partial charge in [0.1, 0.15) is 0 Å². The molecule has 0 spiro atoms. The van der Waals surface area contributed by atoms with E-state index in [2.05, 4.69) is 32.8 Å². The Hall–Kier alpha value is -2.42. The Kier molecular flexibility index (Phi) is 7.35. The second kappa shape index (κ2) is 9.80. The normalized spacial score (nSPS) is 16.2. The molecular formula is C23H32N4O3S. The lowest BCUT2D eigenvalue weighted by molar-refractivity contribution is -0.117. The van der Waals surface area contributed by atoms with Crippen molar-refractivity contribution in [2.45, 2.75) is 38.6 Å². The molecule has 1 saturated heterocycles. The van der Waals surface area contributed by atoms with Gasteiger partial charge in [-0.25, -0.2) is 8.42 Å². The van der Waals surface area contributed by atoms with Crippen molar-refractivity contribution >= 4 is 27.3 Å². The molecule has 168 valence electrons. The van der Waals surface area contributed by atoms with Crippen LogP contribution in [-0.4, -0.2) is 58.0 Å². The molecular weight excluding hydrogens is 412 g/mol. The Balaban J connectivity index is 1.62. The Morgan fingerprint density at radius 2 is 1.68 bits per heavy atom. The molecule has 1 heterocycles. The number of nitrogens with zero attached hydrogens (tertiary/aromatic N) is 2. The number of anilines is 2. The first-order chi connectivity index (χ1) is 14.7. The van der Waals surface area contributed by atoms with Crippen LogP contribution in [0.5, 0.6) is 0 Å². The van der Waals surface area contributed by atoms with E-state index in [0.717, 1.165) is 49.5 Å². The van der Waals surface area contributed by atoms with Gasteiger partial charge in [0.25, 0.3) is 0 Å². The molecule has 0 saturated carbocycles. The SMILES string of the molecule is CCN1CCN(c2ccc(NC(=O)C(C)NS(=O)(=O)c3ccc(C)cc3)c(C)c2)CC1. The van der Waals surface area contributed by atoms with Crippen molar-refractivity contribution in [3.8, 4) is 0 Å². The molecule has 3 rings (SSSR count). The van der Waals surface area contributed by atoms with Gasteiger partial charge in [-0.1, -0.05) is 24.6 Å². The molecule has 2 aromatic carbocycles. The first kappa shape index (κ1) is 23.2. The van der Waals surface area contributed by atoms with E-state index >= 15 is 0 Å². The summed E-state index contributed by atoms with van der Waals surface area (Å²) in [5, 5.41) is 2.85. The average Bonchev–Trinajstić information content (AvgIpc) is 2.75. The topological polar surface area (TPSA) is 81.8 Å². The Morgan fingerprint density at radius 1 is 1.03 bits per heavy atom. The van der Waals surface area contributed by atoms with Crippen LogP contribution in [0.3, 0.4) is 0 Å². The molecule has 1 unspecified atom stereocenters. The summed E-state index contributed by atoms with van der Waals surface area (Å²) in [6.45, 7) is 12.7. The van der Waals surface area contributed by atoms with Crippen molar-refractivity contribution in [1.82, 2.24) is 9.62 Å². The van der Waals surface area contributed by atoms with E-state index in [1.165, 1.54) is 19.1 Å². The van der Waals surface area contributed by atoms with Crippen molar-refractivity contribution < 1.29 is 13.2 Å². The molecule has 8 heteroatoms. The first-order valence-corrected chi connectivity index (χ1v) is 12.2. The largest absolute Gasteiger partial charge is 0.369 e. The number of nitrogens with one attached hydrogen (secondary N) is 2. The zero-order valence-electron chi connectivity index (χ0n) is 18.7. The minimum Gasteiger partial charge on any atom is -0.369 e. The highest BCUT2D eigenvalue weighted by Gasteiger charge is 2.23. The van der Waals surface area contributed by atoms with Gasteiger partial charge in [0.2, 0.25) is 15.9 Å². The van der Waals surface area contributed by atoms with Gasteiger partial charge >= 0.3 is 0 Å². The highest BCUT2D eigenvalue weighted by Crippen LogP contribution is 2.24. The standard InChI is InChI=1S/C23H32N4O3S/c1-5-26-12-14-27(15-13-26)20-8-11-22(18(3)16-20)24-23(28)19(4)25-31(29,30)21-9-6-17(2)7-10-21/h6-11,16,19,25H,5,12-15H2,1-4H3,(H,24,28). The van der Waals surface area contributed by atoms with E-state index in [4.69, 9.17) is 0 Å². The molecule has 31 heavy (non-hydrogen) atoms. The summed E-state index contributed by atoms with van der Waals surface area (Å²) in [5.74, 6) is -0.400. The van der Waals surface area contributed by atoms with Gasteiger partial charge in [-0.05, 0) is 63.2 Å². The van der Waals surface area contributed by atoms with Crippen molar-refractivity contribution in [2.75, 3.05) is 42.9 Å². The maximum atomic E-state index is 12.6. The number of benzene rings is 2. The van der Waals surface area contributed by atoms with E-state index in [9.17, 15) is 13.2 Å². The zero-order valence-corrected chi connectivity index (χ0v) is 19.5. The number of amides is 1. The third-order valence-electron chi connectivity index (χ3n) is 5.71. The fourth-order valence-corrected chi connectivity index (χ4v) is 4.82. The Morgan fingerprint density at radius 3 is 2.26 bits per heavy atom. The van der Waals surface area contributed by atoms with Crippen LogP contribution >= 0.6 is 0 Å². The molecule has 0 aliphatic carbocycles. The van der Waals surface area contributed by atoms with Crippen molar-refractivity contribution in [2.24, 2.45) is 0 Å². The molecule has 2 N–H and O–H groups in total. The predicted molar refractivity (Wildman–Crippen MR) is 125 cm³/mol. The quantitative estimate of drug-likeness (QED) is 0.686. The molecule has 0 radical (unpaired) electrons. The predicted octanol–water partition coefficient (Wildman–Crippen LogP) is 2.75. The molecule has 0 bridgehead atoms. The number of carbonyl (C=O) groups is 1. The van der Waals surface area contributed by atoms with Gasteiger partial charge in [-0.2, -0.15) is 4.72 Å². The van der Waals surface area contributed by atoms with Crippen LogP contribution in [0.25, 0.3) is 0 Å². The molecule has 1 atom stereocenters. The second-order valence-corrected chi connectivity index (χ2v) is 9.78. The van der Waals surface area contributed by atoms with Crippen LogP contribution in [-0.2, 0) is 14.8 Å². The van der Waals surface area contributed by atoms with Gasteiger partial charge in [-0.3, -0.25) is 4.79 Å². The zero-order chi connectivity index (χ0) is 22.6. The summed E-state index contributed by atoms with van der Waals surface area (Å²) in [4.78, 5) is 17.5. The smallest absolute Gasteiger partial charge is 0.242 e. The van der Waals surface area contributed by atoms with Crippen molar-refractivity contribution in [3.63, 3.8) is 0 Å². The number of aryl methyl sites for hydroxylation is 2. The maximum absolute atomic E-state index is 12.6. The number of piperazine rings is 1. The summed E-state index contributed by atoms with van der Waals surface area (Å²) < 4.78 is 27.5. The van der Waals surface area contributed by atoms with Crippen LogP contribution < -0.4 is 14.9 Å². The van der Waals surface area contributed by atoms with Crippen LogP contribution in [0.1, 0.15) is 25.0 Å². The van der Waals surface area contributed by atoms with Gasteiger partial charge in [-0.15, -0.1) is 0 Å². The fourth-order valence-electron chi connectivity index (χ4n) is 3.62. The second-order valence-electron chi connectivity index (χ2n) is 8.07. The monoisotopic (exact) mass is 444 g/mol. The molecule has 1 aliphatic heterocycles. The van der Waals surface area contributed by atoms with Gasteiger partial charge < -0.3 is 15.1 Å². The fraction of sp³-hybridized carbons (Fsp3) is 0.435. The number of likely N-dealkylation sites (N-methyl/N-ethyl adjacent to an activating group) is 1. The van der Waals surface area contributed by atoms with Crippen LogP contribution in [0, 0.1) is 13.8 Å². The van der Waals surface area contributed by atoms with Crippen molar-refractivity contribution in [1.29, 1.82) is 0 Å². The molecule has 1 amide bonds. The van der Waals surface area contributed by atoms with E-state index < -0.39 is 22.0 Å². The average molecular weight is 445 g/mol. The third-order valence-corrected chi connectivity index (χ3v) is 7.27. The van der Waals surface area contributed by atoms with Crippen LogP contribution in [0.4, 0.5) is 11.4 Å². The maximum Gasteiger partial charge on any atom is 0.242 e. The van der Waals surface area contributed by atoms with Crippen molar-refractivity contribution in [3.05, 3.63) is 53.6 Å².